The van der Waals surface area contributed by atoms with Gasteiger partial charge in [0.15, 0.2) is 0 Å². The fraction of sp³-hybridized carbons (Fsp3) is 0.846. The van der Waals surface area contributed by atoms with Gasteiger partial charge in [-0.25, -0.2) is 0 Å². The van der Waals surface area contributed by atoms with Crippen LogP contribution in [0.4, 0.5) is 0 Å². The highest BCUT2D eigenvalue weighted by atomic mass is 16.5. The molecule has 88 valence electrons. The molecule has 0 spiro atoms. The van der Waals surface area contributed by atoms with E-state index in [2.05, 4.69) is 25.2 Å². The van der Waals surface area contributed by atoms with Crippen LogP contribution in [0.1, 0.15) is 39.5 Å². The van der Waals surface area contributed by atoms with Crippen LogP contribution in [-0.4, -0.2) is 26.3 Å². The molecule has 0 heterocycles. The van der Waals surface area contributed by atoms with Crippen molar-refractivity contribution in [1.29, 1.82) is 0 Å². The predicted octanol–water partition coefficient (Wildman–Crippen LogP) is 2.75. The molecule has 0 bridgehead atoms. The molecule has 2 heteroatoms. The third kappa shape index (κ3) is 4.80. The topological polar surface area (TPSA) is 21.3 Å². The maximum absolute atomic E-state index is 5.21. The van der Waals surface area contributed by atoms with Crippen LogP contribution < -0.4 is 5.32 Å². The summed E-state index contributed by atoms with van der Waals surface area (Å²) in [5.41, 5.74) is 1.64. The first-order chi connectivity index (χ1) is 7.24. The van der Waals surface area contributed by atoms with Crippen molar-refractivity contribution >= 4 is 0 Å². The molecule has 0 aromatic rings. The van der Waals surface area contributed by atoms with Crippen LogP contribution in [0, 0.1) is 5.92 Å². The number of methoxy groups -OCH3 is 1. The Morgan fingerprint density at radius 2 is 2.27 bits per heavy atom. The Balaban J connectivity index is 2.15. The molecule has 0 amide bonds. The van der Waals surface area contributed by atoms with E-state index < -0.39 is 0 Å². The molecule has 0 saturated carbocycles. The van der Waals surface area contributed by atoms with Gasteiger partial charge < -0.3 is 10.1 Å². The minimum Gasteiger partial charge on any atom is -0.383 e. The smallest absolute Gasteiger partial charge is 0.0618 e. The fourth-order valence-electron chi connectivity index (χ4n) is 2.05. The summed E-state index contributed by atoms with van der Waals surface area (Å²) in [5, 5.41) is 3.58. The summed E-state index contributed by atoms with van der Waals surface area (Å²) in [5.74, 6) is 0.641. The van der Waals surface area contributed by atoms with Crippen molar-refractivity contribution in [1.82, 2.24) is 5.32 Å². The molecule has 0 aromatic carbocycles. The third-order valence-electron chi connectivity index (χ3n) is 3.14. The molecule has 0 saturated heterocycles. The molecule has 0 aliphatic heterocycles. The van der Waals surface area contributed by atoms with Crippen LogP contribution >= 0.6 is 0 Å². The van der Waals surface area contributed by atoms with Crippen molar-refractivity contribution in [2.24, 2.45) is 5.92 Å². The Hall–Kier alpha value is -0.340. The second-order valence-electron chi connectivity index (χ2n) is 4.76. The van der Waals surface area contributed by atoms with Crippen molar-refractivity contribution in [2.75, 3.05) is 20.3 Å². The zero-order chi connectivity index (χ0) is 11.1. The first-order valence-corrected chi connectivity index (χ1v) is 6.14. The molecule has 1 atom stereocenters. The van der Waals surface area contributed by atoms with E-state index in [9.17, 15) is 0 Å². The summed E-state index contributed by atoms with van der Waals surface area (Å²) >= 11 is 0. The van der Waals surface area contributed by atoms with Gasteiger partial charge in [-0.15, -0.1) is 0 Å². The van der Waals surface area contributed by atoms with Crippen molar-refractivity contribution < 1.29 is 4.74 Å². The van der Waals surface area contributed by atoms with Crippen molar-refractivity contribution in [3.63, 3.8) is 0 Å². The normalized spacial score (nSPS) is 18.3. The van der Waals surface area contributed by atoms with Gasteiger partial charge in [-0.1, -0.05) is 25.5 Å². The van der Waals surface area contributed by atoms with Gasteiger partial charge in [0.05, 0.1) is 6.61 Å². The van der Waals surface area contributed by atoms with Gasteiger partial charge in [-0.3, -0.25) is 0 Å². The zero-order valence-corrected chi connectivity index (χ0v) is 10.4. The van der Waals surface area contributed by atoms with Crippen LogP contribution in [0.3, 0.4) is 0 Å². The summed E-state index contributed by atoms with van der Waals surface area (Å²) < 4.78 is 5.21. The maximum Gasteiger partial charge on any atom is 0.0618 e. The van der Waals surface area contributed by atoms with Gasteiger partial charge in [-0.05, 0) is 38.1 Å². The van der Waals surface area contributed by atoms with Crippen LogP contribution in [0.5, 0.6) is 0 Å². The van der Waals surface area contributed by atoms with Gasteiger partial charge in [0.2, 0.25) is 0 Å². The van der Waals surface area contributed by atoms with E-state index in [1.165, 1.54) is 25.7 Å². The maximum atomic E-state index is 5.21. The molecule has 1 unspecified atom stereocenters. The van der Waals surface area contributed by atoms with Crippen molar-refractivity contribution in [2.45, 2.75) is 45.6 Å². The largest absolute Gasteiger partial charge is 0.383 e. The van der Waals surface area contributed by atoms with E-state index in [0.717, 1.165) is 13.2 Å². The molecular weight excluding hydrogens is 186 g/mol. The first-order valence-electron chi connectivity index (χ1n) is 6.14. The monoisotopic (exact) mass is 211 g/mol. The number of hydrogen-bond acceptors (Lipinski definition) is 2. The van der Waals surface area contributed by atoms with Crippen molar-refractivity contribution in [3.8, 4) is 0 Å². The van der Waals surface area contributed by atoms with Gasteiger partial charge >= 0.3 is 0 Å². The third-order valence-corrected chi connectivity index (χ3v) is 3.14. The predicted molar refractivity (Wildman–Crippen MR) is 65.1 cm³/mol. The van der Waals surface area contributed by atoms with Crippen LogP contribution in [0.15, 0.2) is 11.6 Å². The molecule has 2 nitrogen and oxygen atoms in total. The van der Waals surface area contributed by atoms with Gasteiger partial charge in [-0.2, -0.15) is 0 Å². The van der Waals surface area contributed by atoms with Gasteiger partial charge in [0.1, 0.15) is 0 Å². The zero-order valence-electron chi connectivity index (χ0n) is 10.4. The lowest BCUT2D eigenvalue weighted by Gasteiger charge is -2.21. The molecule has 1 aliphatic rings. The second-order valence-corrected chi connectivity index (χ2v) is 4.76. The minimum atomic E-state index is 0.497. The van der Waals surface area contributed by atoms with Crippen LogP contribution in [0.25, 0.3) is 0 Å². The summed E-state index contributed by atoms with van der Waals surface area (Å²) in [6.07, 6.45) is 7.59. The Morgan fingerprint density at radius 3 is 2.80 bits per heavy atom. The summed E-state index contributed by atoms with van der Waals surface area (Å²) in [7, 11) is 1.77. The second kappa shape index (κ2) is 7.02. The summed E-state index contributed by atoms with van der Waals surface area (Å²) in [6, 6.07) is 0.497. The van der Waals surface area contributed by atoms with E-state index in [1.54, 1.807) is 12.7 Å². The molecule has 15 heavy (non-hydrogen) atoms. The SMILES string of the molecule is COCC(NCCC1=CCCC1)C(C)C. The van der Waals surface area contributed by atoms with Gasteiger partial charge in [0, 0.05) is 13.2 Å². The van der Waals surface area contributed by atoms with E-state index in [0.29, 0.717) is 12.0 Å². The molecular formula is C13H25NO. The quantitative estimate of drug-likeness (QED) is 0.654. The lowest BCUT2D eigenvalue weighted by Crippen LogP contribution is -2.38. The average Bonchev–Trinajstić information content (AvgIpc) is 2.69. The van der Waals surface area contributed by atoms with Crippen molar-refractivity contribution in [3.05, 3.63) is 11.6 Å². The van der Waals surface area contributed by atoms with E-state index in [4.69, 9.17) is 4.74 Å². The number of hydrogen-bond donors (Lipinski definition) is 1. The highest BCUT2D eigenvalue weighted by Gasteiger charge is 2.12. The van der Waals surface area contributed by atoms with Crippen LogP contribution in [-0.2, 0) is 4.74 Å². The highest BCUT2D eigenvalue weighted by Crippen LogP contribution is 2.19. The average molecular weight is 211 g/mol. The Kier molecular flexibility index (Phi) is 5.96. The molecule has 0 fully saturated rings. The molecule has 0 aromatic heterocycles. The highest BCUT2D eigenvalue weighted by molar-refractivity contribution is 5.07. The summed E-state index contributed by atoms with van der Waals surface area (Å²) in [4.78, 5) is 0. The Morgan fingerprint density at radius 1 is 1.47 bits per heavy atom. The summed E-state index contributed by atoms with van der Waals surface area (Å²) in [6.45, 7) is 6.39. The Labute approximate surface area is 94.1 Å². The van der Waals surface area contributed by atoms with E-state index in [-0.39, 0.29) is 0 Å². The van der Waals surface area contributed by atoms with Crippen LogP contribution in [0.2, 0.25) is 0 Å². The van der Waals surface area contributed by atoms with Gasteiger partial charge in [0.25, 0.3) is 0 Å². The molecule has 1 rings (SSSR count). The number of nitrogens with one attached hydrogen (secondary N) is 1. The lowest BCUT2D eigenvalue weighted by atomic mass is 10.0. The number of rotatable bonds is 7. The van der Waals surface area contributed by atoms with E-state index in [1.807, 2.05) is 0 Å². The number of allylic oxidation sites excluding steroid dienone is 1. The fourth-order valence-corrected chi connectivity index (χ4v) is 2.05. The Bertz CT molecular complexity index is 199. The lowest BCUT2D eigenvalue weighted by molar-refractivity contribution is 0.147. The molecule has 1 N–H and O–H groups in total. The minimum absolute atomic E-state index is 0.497. The molecule has 0 radical (unpaired) electrons. The molecule has 1 aliphatic carbocycles. The number of ether oxygens (including phenoxy) is 1. The first kappa shape index (κ1) is 12.7. The standard InChI is InChI=1S/C13H25NO/c1-11(2)13(10-15-3)14-9-8-12-6-4-5-7-12/h6,11,13-14H,4-5,7-10H2,1-3H3. The van der Waals surface area contributed by atoms with E-state index >= 15 is 0 Å².